The fourth-order valence-electron chi connectivity index (χ4n) is 3.49. The molecule has 2 aliphatic carbocycles. The third-order valence-corrected chi connectivity index (χ3v) is 4.73. The first-order valence-corrected chi connectivity index (χ1v) is 8.21. The third kappa shape index (κ3) is 4.74. The largest absolute Gasteiger partial charge is 0.330 e. The third-order valence-electron chi connectivity index (χ3n) is 4.73. The van der Waals surface area contributed by atoms with Crippen molar-refractivity contribution >= 4 is 6.01 Å². The Morgan fingerprint density at radius 2 is 1.68 bits per heavy atom. The summed E-state index contributed by atoms with van der Waals surface area (Å²) < 4.78 is 0. The van der Waals surface area contributed by atoms with Gasteiger partial charge in [0.2, 0.25) is 0 Å². The second kappa shape index (κ2) is 7.81. The van der Waals surface area contributed by atoms with Crippen molar-refractivity contribution in [2.45, 2.75) is 88.6 Å². The molecule has 2 N–H and O–H groups in total. The van der Waals surface area contributed by atoms with E-state index in [9.17, 15) is 0 Å². The standard InChI is InChI=1S/C16H29N3/c17-13-7-12-16(10-5-2-6-11-16)19-14-18-15-8-3-1-4-9-15/h15H,1-13,17H2. The van der Waals surface area contributed by atoms with E-state index in [1.807, 2.05) is 0 Å². The van der Waals surface area contributed by atoms with Crippen LogP contribution in [0.25, 0.3) is 0 Å². The van der Waals surface area contributed by atoms with E-state index in [1.165, 1.54) is 64.2 Å². The molecule has 2 fully saturated rings. The lowest BCUT2D eigenvalue weighted by atomic mass is 9.79. The molecule has 0 radical (unpaired) electrons. The number of hydrogen-bond acceptors (Lipinski definition) is 3. The average molecular weight is 263 g/mol. The van der Waals surface area contributed by atoms with Crippen LogP contribution in [-0.2, 0) is 0 Å². The summed E-state index contributed by atoms with van der Waals surface area (Å²) in [4.78, 5) is 9.36. The zero-order chi connectivity index (χ0) is 13.4. The van der Waals surface area contributed by atoms with Crippen molar-refractivity contribution < 1.29 is 0 Å². The van der Waals surface area contributed by atoms with E-state index in [0.717, 1.165) is 19.4 Å². The lowest BCUT2D eigenvalue weighted by Gasteiger charge is -2.32. The number of aliphatic imine (C=N–C) groups is 2. The molecule has 3 heteroatoms. The second-order valence-electron chi connectivity index (χ2n) is 6.31. The Hall–Kier alpha value is -0.660. The highest BCUT2D eigenvalue weighted by molar-refractivity contribution is 5.43. The second-order valence-corrected chi connectivity index (χ2v) is 6.31. The van der Waals surface area contributed by atoms with E-state index in [1.54, 1.807) is 0 Å². The maximum Gasteiger partial charge on any atom is 0.0901 e. The Morgan fingerprint density at radius 3 is 2.37 bits per heavy atom. The maximum atomic E-state index is 5.66. The molecule has 0 heterocycles. The number of hydrogen-bond donors (Lipinski definition) is 1. The van der Waals surface area contributed by atoms with Crippen LogP contribution in [0.4, 0.5) is 0 Å². The fourth-order valence-corrected chi connectivity index (χ4v) is 3.49. The van der Waals surface area contributed by atoms with Gasteiger partial charge in [0.05, 0.1) is 17.6 Å². The van der Waals surface area contributed by atoms with E-state index < -0.39 is 0 Å². The highest BCUT2D eigenvalue weighted by Crippen LogP contribution is 2.35. The van der Waals surface area contributed by atoms with Crippen LogP contribution < -0.4 is 5.73 Å². The van der Waals surface area contributed by atoms with Gasteiger partial charge in [0.15, 0.2) is 0 Å². The summed E-state index contributed by atoms with van der Waals surface area (Å²) in [6, 6.07) is 3.58. The molecular formula is C16H29N3. The van der Waals surface area contributed by atoms with Crippen LogP contribution in [0.15, 0.2) is 9.98 Å². The van der Waals surface area contributed by atoms with Gasteiger partial charge in [-0.15, -0.1) is 0 Å². The van der Waals surface area contributed by atoms with Gasteiger partial charge in [-0.2, -0.15) is 0 Å². The molecule has 0 atom stereocenters. The average Bonchev–Trinajstić information content (AvgIpc) is 2.47. The van der Waals surface area contributed by atoms with Crippen molar-refractivity contribution in [3.8, 4) is 0 Å². The van der Waals surface area contributed by atoms with Gasteiger partial charge in [0.1, 0.15) is 0 Å². The Kier molecular flexibility index (Phi) is 6.06. The summed E-state index contributed by atoms with van der Waals surface area (Å²) in [6.07, 6.45) is 15.1. The van der Waals surface area contributed by atoms with Crippen molar-refractivity contribution in [1.82, 2.24) is 0 Å². The Morgan fingerprint density at radius 1 is 1.00 bits per heavy atom. The monoisotopic (exact) mass is 263 g/mol. The molecule has 0 saturated heterocycles. The van der Waals surface area contributed by atoms with Crippen LogP contribution in [0, 0.1) is 0 Å². The predicted molar refractivity (Wildman–Crippen MR) is 80.8 cm³/mol. The maximum absolute atomic E-state index is 5.66. The van der Waals surface area contributed by atoms with Crippen LogP contribution in [-0.4, -0.2) is 24.1 Å². The first kappa shape index (κ1) is 14.7. The van der Waals surface area contributed by atoms with Crippen LogP contribution in [0.1, 0.15) is 77.0 Å². The van der Waals surface area contributed by atoms with Crippen LogP contribution in [0.5, 0.6) is 0 Å². The van der Waals surface area contributed by atoms with Crippen LogP contribution in [0.3, 0.4) is 0 Å². The molecule has 0 spiro atoms. The van der Waals surface area contributed by atoms with E-state index in [0.29, 0.717) is 6.04 Å². The quantitative estimate of drug-likeness (QED) is 0.751. The van der Waals surface area contributed by atoms with Crippen molar-refractivity contribution in [3.63, 3.8) is 0 Å². The summed E-state index contributed by atoms with van der Waals surface area (Å²) in [5, 5.41) is 0. The molecule has 3 nitrogen and oxygen atoms in total. The minimum Gasteiger partial charge on any atom is -0.330 e. The van der Waals surface area contributed by atoms with Crippen molar-refractivity contribution in [2.75, 3.05) is 6.54 Å². The molecule has 2 aliphatic rings. The van der Waals surface area contributed by atoms with Crippen LogP contribution in [0.2, 0.25) is 0 Å². The fraction of sp³-hybridized carbons (Fsp3) is 0.938. The van der Waals surface area contributed by atoms with E-state index >= 15 is 0 Å². The zero-order valence-corrected chi connectivity index (χ0v) is 12.2. The smallest absolute Gasteiger partial charge is 0.0901 e. The van der Waals surface area contributed by atoms with Crippen molar-refractivity contribution in [1.29, 1.82) is 0 Å². The molecule has 0 aliphatic heterocycles. The van der Waals surface area contributed by atoms with Gasteiger partial charge in [0.25, 0.3) is 0 Å². The molecule has 108 valence electrons. The highest BCUT2D eigenvalue weighted by Gasteiger charge is 2.30. The summed E-state index contributed by atoms with van der Waals surface area (Å²) in [5.74, 6) is 0. The van der Waals surface area contributed by atoms with Gasteiger partial charge < -0.3 is 5.73 Å². The molecule has 0 bridgehead atoms. The van der Waals surface area contributed by atoms with Gasteiger partial charge in [-0.1, -0.05) is 38.5 Å². The summed E-state index contributed by atoms with van der Waals surface area (Å²) in [5.41, 5.74) is 5.79. The van der Waals surface area contributed by atoms with E-state index in [-0.39, 0.29) is 5.54 Å². The molecule has 19 heavy (non-hydrogen) atoms. The van der Waals surface area contributed by atoms with Gasteiger partial charge >= 0.3 is 0 Å². The normalized spacial score (nSPS) is 23.6. The SMILES string of the molecule is NCCCC1(N=C=NC2CCCCC2)CCCCC1. The number of rotatable bonds is 5. The molecule has 0 amide bonds. The molecule has 0 aromatic rings. The Balaban J connectivity index is 1.95. The van der Waals surface area contributed by atoms with Gasteiger partial charge in [-0.25, -0.2) is 9.98 Å². The van der Waals surface area contributed by atoms with Gasteiger partial charge in [0, 0.05) is 0 Å². The topological polar surface area (TPSA) is 50.7 Å². The first-order chi connectivity index (χ1) is 9.35. The zero-order valence-electron chi connectivity index (χ0n) is 12.2. The summed E-state index contributed by atoms with van der Waals surface area (Å²) >= 11 is 0. The minimum atomic E-state index is 0.121. The van der Waals surface area contributed by atoms with Crippen molar-refractivity contribution in [2.24, 2.45) is 15.7 Å². The molecule has 2 saturated carbocycles. The summed E-state index contributed by atoms with van der Waals surface area (Å²) in [6.45, 7) is 0.775. The lowest BCUT2D eigenvalue weighted by molar-refractivity contribution is 0.277. The molecular weight excluding hydrogens is 234 g/mol. The molecule has 0 unspecified atom stereocenters. The minimum absolute atomic E-state index is 0.121. The first-order valence-electron chi connectivity index (χ1n) is 8.21. The van der Waals surface area contributed by atoms with E-state index in [2.05, 4.69) is 11.0 Å². The molecule has 2 rings (SSSR count). The van der Waals surface area contributed by atoms with Crippen LogP contribution >= 0.6 is 0 Å². The Labute approximate surface area is 117 Å². The molecule has 0 aromatic carbocycles. The Bertz CT molecular complexity index is 306. The summed E-state index contributed by atoms with van der Waals surface area (Å²) in [7, 11) is 0. The lowest BCUT2D eigenvalue weighted by Crippen LogP contribution is -2.30. The van der Waals surface area contributed by atoms with Gasteiger partial charge in [-0.05, 0) is 45.1 Å². The number of nitrogens with two attached hydrogens (primary N) is 1. The number of nitrogens with zero attached hydrogens (tertiary/aromatic N) is 2. The van der Waals surface area contributed by atoms with Gasteiger partial charge in [-0.3, -0.25) is 0 Å². The molecule has 0 aromatic heterocycles. The van der Waals surface area contributed by atoms with E-state index in [4.69, 9.17) is 10.7 Å². The van der Waals surface area contributed by atoms with Crippen molar-refractivity contribution in [3.05, 3.63) is 0 Å². The highest BCUT2D eigenvalue weighted by atomic mass is 14.9. The predicted octanol–water partition coefficient (Wildman–Crippen LogP) is 3.93.